The molecule has 1 rings (SSSR count). The third kappa shape index (κ3) is 6.87. The van der Waals surface area contributed by atoms with Gasteiger partial charge in [-0.05, 0) is 38.0 Å². The van der Waals surface area contributed by atoms with Crippen LogP contribution >= 0.6 is 0 Å². The van der Waals surface area contributed by atoms with E-state index in [2.05, 4.69) is 11.9 Å². The maximum atomic E-state index is 12.6. The standard InChI is InChI=1S/C18H23F3N2O3/c1-4-6-10-26-13(3)16(24)22-15-9-7-8-14(11-15)12-23(5-2)17(25)18(19,20)21/h4,7-9,11,13H,1,5-6,10,12H2,2-3H3,(H,22,24). The normalized spacial score (nSPS) is 12.3. The third-order valence-electron chi connectivity index (χ3n) is 3.54. The monoisotopic (exact) mass is 372 g/mol. The molecule has 1 unspecified atom stereocenters. The van der Waals surface area contributed by atoms with E-state index in [4.69, 9.17) is 4.74 Å². The first-order chi connectivity index (χ1) is 12.2. The van der Waals surface area contributed by atoms with Crippen molar-refractivity contribution in [3.63, 3.8) is 0 Å². The van der Waals surface area contributed by atoms with E-state index in [0.29, 0.717) is 29.2 Å². The summed E-state index contributed by atoms with van der Waals surface area (Å²) in [5, 5.41) is 2.64. The Bertz CT molecular complexity index is 632. The van der Waals surface area contributed by atoms with Crippen LogP contribution in [0.1, 0.15) is 25.8 Å². The summed E-state index contributed by atoms with van der Waals surface area (Å²) < 4.78 is 43.1. The molecule has 0 aliphatic carbocycles. The number of ether oxygens (including phenoxy) is 1. The SMILES string of the molecule is C=CCCOC(C)C(=O)Nc1cccc(CN(CC)C(=O)C(F)(F)F)c1. The van der Waals surface area contributed by atoms with Crippen LogP contribution < -0.4 is 5.32 Å². The van der Waals surface area contributed by atoms with Gasteiger partial charge >= 0.3 is 12.1 Å². The molecule has 2 amide bonds. The van der Waals surface area contributed by atoms with Crippen molar-refractivity contribution in [1.82, 2.24) is 4.90 Å². The number of hydrogen-bond acceptors (Lipinski definition) is 3. The van der Waals surface area contributed by atoms with Gasteiger partial charge in [-0.3, -0.25) is 9.59 Å². The number of hydrogen-bond donors (Lipinski definition) is 1. The van der Waals surface area contributed by atoms with Crippen LogP contribution in [-0.4, -0.2) is 42.1 Å². The van der Waals surface area contributed by atoms with Gasteiger partial charge in [0, 0.05) is 18.8 Å². The Kier molecular flexibility index (Phi) is 8.31. The van der Waals surface area contributed by atoms with Gasteiger partial charge in [-0.25, -0.2) is 0 Å². The first-order valence-corrected chi connectivity index (χ1v) is 8.17. The Morgan fingerprint density at radius 3 is 2.65 bits per heavy atom. The van der Waals surface area contributed by atoms with Gasteiger partial charge in [-0.15, -0.1) is 6.58 Å². The van der Waals surface area contributed by atoms with Crippen molar-refractivity contribution in [3.8, 4) is 0 Å². The summed E-state index contributed by atoms with van der Waals surface area (Å²) >= 11 is 0. The van der Waals surface area contributed by atoms with Crippen molar-refractivity contribution >= 4 is 17.5 Å². The summed E-state index contributed by atoms with van der Waals surface area (Å²) in [5.74, 6) is -2.26. The summed E-state index contributed by atoms with van der Waals surface area (Å²) in [6.45, 7) is 6.71. The molecule has 26 heavy (non-hydrogen) atoms. The second-order valence-corrected chi connectivity index (χ2v) is 5.60. The van der Waals surface area contributed by atoms with Crippen molar-refractivity contribution in [1.29, 1.82) is 0 Å². The second-order valence-electron chi connectivity index (χ2n) is 5.60. The average molecular weight is 372 g/mol. The first kappa shape index (κ1) is 21.7. The minimum Gasteiger partial charge on any atom is -0.368 e. The van der Waals surface area contributed by atoms with Gasteiger partial charge in [0.2, 0.25) is 0 Å². The van der Waals surface area contributed by atoms with Crippen molar-refractivity contribution in [2.24, 2.45) is 0 Å². The molecular formula is C18H23F3N2O3. The summed E-state index contributed by atoms with van der Waals surface area (Å²) in [6.07, 6.45) is -3.30. The number of anilines is 1. The van der Waals surface area contributed by atoms with E-state index < -0.39 is 18.2 Å². The van der Waals surface area contributed by atoms with Crippen molar-refractivity contribution in [3.05, 3.63) is 42.5 Å². The van der Waals surface area contributed by atoms with Crippen LogP contribution in [0.4, 0.5) is 18.9 Å². The van der Waals surface area contributed by atoms with E-state index in [0.717, 1.165) is 0 Å². The molecule has 1 atom stereocenters. The number of carbonyl (C=O) groups excluding carboxylic acids is 2. The summed E-state index contributed by atoms with van der Waals surface area (Å²) in [7, 11) is 0. The van der Waals surface area contributed by atoms with Gasteiger partial charge in [0.1, 0.15) is 6.10 Å². The van der Waals surface area contributed by atoms with E-state index >= 15 is 0 Å². The zero-order chi connectivity index (χ0) is 19.7. The highest BCUT2D eigenvalue weighted by Crippen LogP contribution is 2.21. The zero-order valence-electron chi connectivity index (χ0n) is 14.8. The molecule has 1 N–H and O–H groups in total. The number of carbonyl (C=O) groups is 2. The molecule has 0 fully saturated rings. The maximum absolute atomic E-state index is 12.6. The number of nitrogens with one attached hydrogen (secondary N) is 1. The molecule has 1 aromatic carbocycles. The third-order valence-corrected chi connectivity index (χ3v) is 3.54. The molecule has 5 nitrogen and oxygen atoms in total. The lowest BCUT2D eigenvalue weighted by Crippen LogP contribution is -2.40. The Labute approximate surface area is 150 Å². The molecule has 0 aliphatic heterocycles. The van der Waals surface area contributed by atoms with E-state index in [-0.39, 0.29) is 19.0 Å². The van der Waals surface area contributed by atoms with E-state index in [1.165, 1.54) is 13.0 Å². The number of halogens is 3. The number of alkyl halides is 3. The lowest BCUT2D eigenvalue weighted by Gasteiger charge is -2.22. The molecule has 0 radical (unpaired) electrons. The number of rotatable bonds is 9. The van der Waals surface area contributed by atoms with Gasteiger partial charge in [0.15, 0.2) is 0 Å². The highest BCUT2D eigenvalue weighted by atomic mass is 19.4. The fourth-order valence-electron chi connectivity index (χ4n) is 2.12. The molecule has 0 heterocycles. The van der Waals surface area contributed by atoms with Gasteiger partial charge in [-0.2, -0.15) is 13.2 Å². The smallest absolute Gasteiger partial charge is 0.368 e. The van der Waals surface area contributed by atoms with Crippen LogP contribution in [0.3, 0.4) is 0 Å². The van der Waals surface area contributed by atoms with Crippen molar-refractivity contribution in [2.75, 3.05) is 18.5 Å². The second kappa shape index (κ2) is 9.96. The van der Waals surface area contributed by atoms with Crippen LogP contribution in [0.2, 0.25) is 0 Å². The van der Waals surface area contributed by atoms with Crippen LogP contribution in [0, 0.1) is 0 Å². The molecule has 8 heteroatoms. The Hall–Kier alpha value is -2.35. The fourth-order valence-corrected chi connectivity index (χ4v) is 2.12. The van der Waals surface area contributed by atoms with Crippen LogP contribution in [0.5, 0.6) is 0 Å². The van der Waals surface area contributed by atoms with Crippen LogP contribution in [0.25, 0.3) is 0 Å². The van der Waals surface area contributed by atoms with Gasteiger partial charge in [0.25, 0.3) is 5.91 Å². The Balaban J connectivity index is 2.74. The topological polar surface area (TPSA) is 58.6 Å². The lowest BCUT2D eigenvalue weighted by molar-refractivity contribution is -0.185. The number of benzene rings is 1. The van der Waals surface area contributed by atoms with E-state index in [9.17, 15) is 22.8 Å². The predicted molar refractivity (Wildman–Crippen MR) is 92.4 cm³/mol. The maximum Gasteiger partial charge on any atom is 0.471 e. The fraction of sp³-hybridized carbons (Fsp3) is 0.444. The molecular weight excluding hydrogens is 349 g/mol. The Morgan fingerprint density at radius 2 is 2.08 bits per heavy atom. The minimum absolute atomic E-state index is 0.0803. The van der Waals surface area contributed by atoms with E-state index in [1.807, 2.05) is 0 Å². The first-order valence-electron chi connectivity index (χ1n) is 8.17. The summed E-state index contributed by atoms with van der Waals surface area (Å²) in [4.78, 5) is 24.1. The van der Waals surface area contributed by atoms with Gasteiger partial charge < -0.3 is 15.0 Å². The van der Waals surface area contributed by atoms with Crippen molar-refractivity contribution < 1.29 is 27.5 Å². The quantitative estimate of drug-likeness (QED) is 0.533. The molecule has 1 aromatic rings. The summed E-state index contributed by atoms with van der Waals surface area (Å²) in [5.41, 5.74) is 0.893. The highest BCUT2D eigenvalue weighted by molar-refractivity contribution is 5.94. The highest BCUT2D eigenvalue weighted by Gasteiger charge is 2.41. The predicted octanol–water partition coefficient (Wildman–Crippen LogP) is 3.52. The van der Waals surface area contributed by atoms with Crippen molar-refractivity contribution in [2.45, 2.75) is 39.1 Å². The molecule has 0 saturated carbocycles. The molecule has 0 spiro atoms. The molecule has 144 valence electrons. The largest absolute Gasteiger partial charge is 0.471 e. The minimum atomic E-state index is -4.92. The molecule has 0 aliphatic rings. The number of amides is 2. The van der Waals surface area contributed by atoms with Gasteiger partial charge in [-0.1, -0.05) is 18.2 Å². The Morgan fingerprint density at radius 1 is 1.38 bits per heavy atom. The van der Waals surface area contributed by atoms with Crippen LogP contribution in [0.15, 0.2) is 36.9 Å². The molecule has 0 aromatic heterocycles. The van der Waals surface area contributed by atoms with Gasteiger partial charge in [0.05, 0.1) is 6.61 Å². The lowest BCUT2D eigenvalue weighted by atomic mass is 10.1. The van der Waals surface area contributed by atoms with Crippen LogP contribution in [-0.2, 0) is 20.9 Å². The number of nitrogens with zero attached hydrogens (tertiary/aromatic N) is 1. The molecule has 0 bridgehead atoms. The average Bonchev–Trinajstić information content (AvgIpc) is 2.58. The van der Waals surface area contributed by atoms with E-state index in [1.54, 1.807) is 31.2 Å². The molecule has 0 saturated heterocycles. The summed E-state index contributed by atoms with van der Waals surface area (Å²) in [6, 6.07) is 6.33. The zero-order valence-corrected chi connectivity index (χ0v) is 14.8.